The predicted octanol–water partition coefficient (Wildman–Crippen LogP) is 0.926. The van der Waals surface area contributed by atoms with Crippen LogP contribution in [0.5, 0.6) is 11.5 Å². The van der Waals surface area contributed by atoms with Gasteiger partial charge in [0, 0.05) is 6.42 Å². The first-order valence-electron chi connectivity index (χ1n) is 3.39. The Hall–Kier alpha value is -1.29. The van der Waals surface area contributed by atoms with Gasteiger partial charge in [-0.1, -0.05) is 18.3 Å². The van der Waals surface area contributed by atoms with Crippen LogP contribution in [0.1, 0.15) is 5.56 Å². The van der Waals surface area contributed by atoms with Crippen molar-refractivity contribution in [1.82, 2.24) is 0 Å². The summed E-state index contributed by atoms with van der Waals surface area (Å²) in [5.41, 5.74) is 6.09. The van der Waals surface area contributed by atoms with E-state index >= 15 is 0 Å². The van der Waals surface area contributed by atoms with Crippen molar-refractivity contribution >= 4 is 17.2 Å². The van der Waals surface area contributed by atoms with Gasteiger partial charge in [-0.3, -0.25) is 0 Å². The van der Waals surface area contributed by atoms with Gasteiger partial charge >= 0.3 is 0 Å². The second-order valence-corrected chi connectivity index (χ2v) is 2.99. The van der Waals surface area contributed by atoms with Crippen LogP contribution in [0, 0.1) is 0 Å². The normalized spacial score (nSPS) is 9.67. The Morgan fingerprint density at radius 3 is 2.50 bits per heavy atom. The zero-order valence-corrected chi connectivity index (χ0v) is 7.14. The maximum Gasteiger partial charge on any atom is 0.157 e. The molecule has 0 saturated carbocycles. The smallest absolute Gasteiger partial charge is 0.157 e. The molecule has 0 atom stereocenters. The molecule has 0 aliphatic heterocycles. The van der Waals surface area contributed by atoms with Crippen molar-refractivity contribution in [1.29, 1.82) is 0 Å². The minimum atomic E-state index is -0.149. The second-order valence-electron chi connectivity index (χ2n) is 2.47. The van der Waals surface area contributed by atoms with Crippen molar-refractivity contribution in [2.24, 2.45) is 5.73 Å². The molecule has 0 aliphatic carbocycles. The van der Waals surface area contributed by atoms with Crippen LogP contribution in [0.3, 0.4) is 0 Å². The molecule has 1 aromatic carbocycles. The highest BCUT2D eigenvalue weighted by molar-refractivity contribution is 7.80. The first-order chi connectivity index (χ1) is 5.59. The van der Waals surface area contributed by atoms with Gasteiger partial charge in [0.15, 0.2) is 11.5 Å². The average Bonchev–Trinajstić information content (AvgIpc) is 1.96. The number of thiocarbonyl (C=S) groups is 1. The Morgan fingerprint density at radius 2 is 2.00 bits per heavy atom. The lowest BCUT2D eigenvalue weighted by atomic mass is 10.1. The fourth-order valence-electron chi connectivity index (χ4n) is 0.880. The molecule has 0 fully saturated rings. The van der Waals surface area contributed by atoms with Gasteiger partial charge in [0.1, 0.15) is 0 Å². The van der Waals surface area contributed by atoms with E-state index in [-0.39, 0.29) is 11.5 Å². The standard InChI is InChI=1S/C8H9NO2S/c9-8(12)4-5-1-2-6(10)7(11)3-5/h1-3,10-11H,4H2,(H2,9,12). The number of aromatic hydroxyl groups is 2. The SMILES string of the molecule is NC(=S)Cc1ccc(O)c(O)c1. The molecule has 0 bridgehead atoms. The van der Waals surface area contributed by atoms with E-state index in [0.717, 1.165) is 5.56 Å². The van der Waals surface area contributed by atoms with Crippen molar-refractivity contribution in [3.8, 4) is 11.5 Å². The third kappa shape index (κ3) is 2.10. The molecule has 3 nitrogen and oxygen atoms in total. The number of phenols is 2. The summed E-state index contributed by atoms with van der Waals surface area (Å²) in [5.74, 6) is -0.287. The van der Waals surface area contributed by atoms with Crippen molar-refractivity contribution < 1.29 is 10.2 Å². The van der Waals surface area contributed by atoms with Crippen molar-refractivity contribution in [3.63, 3.8) is 0 Å². The summed E-state index contributed by atoms with van der Waals surface area (Å²) in [7, 11) is 0. The van der Waals surface area contributed by atoms with Crippen LogP contribution < -0.4 is 5.73 Å². The Balaban J connectivity index is 2.89. The molecule has 0 aliphatic rings. The van der Waals surface area contributed by atoms with Crippen molar-refractivity contribution in [2.75, 3.05) is 0 Å². The van der Waals surface area contributed by atoms with Gasteiger partial charge in [0.2, 0.25) is 0 Å². The summed E-state index contributed by atoms with van der Waals surface area (Å²) >= 11 is 4.69. The third-order valence-corrected chi connectivity index (χ3v) is 1.56. The van der Waals surface area contributed by atoms with E-state index in [2.05, 4.69) is 12.2 Å². The highest BCUT2D eigenvalue weighted by atomic mass is 32.1. The van der Waals surface area contributed by atoms with Gasteiger partial charge in [-0.05, 0) is 17.7 Å². The number of rotatable bonds is 2. The highest BCUT2D eigenvalue weighted by Gasteiger charge is 2.00. The van der Waals surface area contributed by atoms with E-state index in [1.807, 2.05) is 0 Å². The Labute approximate surface area is 75.4 Å². The summed E-state index contributed by atoms with van der Waals surface area (Å²) in [6.45, 7) is 0. The molecule has 1 rings (SSSR count). The van der Waals surface area contributed by atoms with Crippen molar-refractivity contribution in [2.45, 2.75) is 6.42 Å². The van der Waals surface area contributed by atoms with E-state index < -0.39 is 0 Å². The predicted molar refractivity (Wildman–Crippen MR) is 50.3 cm³/mol. The summed E-state index contributed by atoms with van der Waals surface area (Å²) in [5, 5.41) is 18.0. The van der Waals surface area contributed by atoms with Gasteiger partial charge in [-0.2, -0.15) is 0 Å². The van der Waals surface area contributed by atoms with Crippen molar-refractivity contribution in [3.05, 3.63) is 23.8 Å². The minimum absolute atomic E-state index is 0.137. The minimum Gasteiger partial charge on any atom is -0.504 e. The molecule has 0 spiro atoms. The lowest BCUT2D eigenvalue weighted by molar-refractivity contribution is 0.403. The molecular formula is C8H9NO2S. The van der Waals surface area contributed by atoms with Crippen LogP contribution in [0.2, 0.25) is 0 Å². The van der Waals surface area contributed by atoms with Gasteiger partial charge in [0.25, 0.3) is 0 Å². The number of phenolic OH excluding ortho intramolecular Hbond substituents is 2. The molecule has 0 unspecified atom stereocenters. The maximum atomic E-state index is 9.08. The molecule has 12 heavy (non-hydrogen) atoms. The Bertz CT molecular complexity index is 312. The average molecular weight is 183 g/mol. The molecule has 64 valence electrons. The lowest BCUT2D eigenvalue weighted by Gasteiger charge is -2.01. The summed E-state index contributed by atoms with van der Waals surface area (Å²) < 4.78 is 0. The van der Waals surface area contributed by atoms with Crippen LogP contribution in [-0.2, 0) is 6.42 Å². The second kappa shape index (κ2) is 3.40. The fraction of sp³-hybridized carbons (Fsp3) is 0.125. The molecule has 0 saturated heterocycles. The molecule has 0 aromatic heterocycles. The summed E-state index contributed by atoms with van der Waals surface area (Å²) in [4.78, 5) is 0.361. The molecule has 0 radical (unpaired) electrons. The molecule has 0 heterocycles. The van der Waals surface area contributed by atoms with E-state index in [0.29, 0.717) is 11.4 Å². The van der Waals surface area contributed by atoms with Crippen LogP contribution in [0.4, 0.5) is 0 Å². The molecule has 0 amide bonds. The molecular weight excluding hydrogens is 174 g/mol. The maximum absolute atomic E-state index is 9.08. The Morgan fingerprint density at radius 1 is 1.33 bits per heavy atom. The molecule has 4 N–H and O–H groups in total. The summed E-state index contributed by atoms with van der Waals surface area (Å²) in [6.07, 6.45) is 0.434. The number of nitrogens with two attached hydrogens (primary N) is 1. The number of hydrogen-bond donors (Lipinski definition) is 3. The number of benzene rings is 1. The zero-order chi connectivity index (χ0) is 9.14. The third-order valence-electron chi connectivity index (χ3n) is 1.42. The van der Waals surface area contributed by atoms with Gasteiger partial charge in [-0.15, -0.1) is 0 Å². The van der Waals surface area contributed by atoms with Gasteiger partial charge in [-0.25, -0.2) is 0 Å². The molecule has 4 heteroatoms. The van der Waals surface area contributed by atoms with Crippen LogP contribution in [-0.4, -0.2) is 15.2 Å². The first kappa shape index (κ1) is 8.80. The van der Waals surface area contributed by atoms with Crippen LogP contribution in [0.15, 0.2) is 18.2 Å². The first-order valence-corrected chi connectivity index (χ1v) is 3.79. The van der Waals surface area contributed by atoms with Crippen LogP contribution >= 0.6 is 12.2 Å². The Kier molecular flexibility index (Phi) is 2.50. The van der Waals surface area contributed by atoms with E-state index in [1.54, 1.807) is 6.07 Å². The topological polar surface area (TPSA) is 66.5 Å². The van der Waals surface area contributed by atoms with Gasteiger partial charge < -0.3 is 15.9 Å². The van der Waals surface area contributed by atoms with Gasteiger partial charge in [0.05, 0.1) is 4.99 Å². The summed E-state index contributed by atoms with van der Waals surface area (Å²) in [6, 6.07) is 4.51. The largest absolute Gasteiger partial charge is 0.504 e. The fourth-order valence-corrected chi connectivity index (χ4v) is 1.05. The van der Waals surface area contributed by atoms with E-state index in [4.69, 9.17) is 15.9 Å². The molecule has 1 aromatic rings. The lowest BCUT2D eigenvalue weighted by Crippen LogP contribution is -2.10. The quantitative estimate of drug-likeness (QED) is 0.471. The zero-order valence-electron chi connectivity index (χ0n) is 6.32. The van der Waals surface area contributed by atoms with E-state index in [9.17, 15) is 0 Å². The number of hydrogen-bond acceptors (Lipinski definition) is 3. The van der Waals surface area contributed by atoms with E-state index in [1.165, 1.54) is 12.1 Å². The highest BCUT2D eigenvalue weighted by Crippen LogP contribution is 2.24. The van der Waals surface area contributed by atoms with Crippen LogP contribution in [0.25, 0.3) is 0 Å². The monoisotopic (exact) mass is 183 g/mol.